The van der Waals surface area contributed by atoms with Gasteiger partial charge >= 0.3 is 0 Å². The highest BCUT2D eigenvalue weighted by Crippen LogP contribution is 2.42. The molecular weight excluding hydrogens is 274 g/mol. The normalized spacial score (nSPS) is 25.4. The van der Waals surface area contributed by atoms with Crippen LogP contribution in [0.3, 0.4) is 0 Å². The molecule has 1 aliphatic heterocycles. The number of nitrogen functional groups attached to an aromatic ring is 1. The summed E-state index contributed by atoms with van der Waals surface area (Å²) in [5.74, 6) is 0.573. The van der Waals surface area contributed by atoms with Crippen LogP contribution >= 0.6 is 0 Å². The molecule has 0 saturated carbocycles. The Hall–Kier alpha value is -1.07. The minimum atomic E-state index is -1.20. The molecule has 0 spiro atoms. The molecule has 2 atom stereocenters. The van der Waals surface area contributed by atoms with Crippen LogP contribution in [0.25, 0.3) is 0 Å². The summed E-state index contributed by atoms with van der Waals surface area (Å²) in [5.41, 5.74) is 5.66. The number of hydrogen-bond acceptors (Lipinski definition) is 4. The van der Waals surface area contributed by atoms with Crippen LogP contribution in [0.15, 0.2) is 23.1 Å². The Morgan fingerprint density at radius 3 is 2.50 bits per heavy atom. The molecule has 1 saturated heterocycles. The number of methoxy groups -OCH3 is 1. The van der Waals surface area contributed by atoms with Crippen LogP contribution in [-0.4, -0.2) is 27.8 Å². The maximum absolute atomic E-state index is 13.0. The fraction of sp³-hybridized carbons (Fsp3) is 0.600. The SMILES string of the molecule is COc1cc(N)ccc1S(=O)C1CC(C)(C)OC1(C)C. The van der Waals surface area contributed by atoms with E-state index >= 15 is 0 Å². The Labute approximate surface area is 123 Å². The highest BCUT2D eigenvalue weighted by molar-refractivity contribution is 7.86. The first-order valence-corrected chi connectivity index (χ1v) is 7.92. The van der Waals surface area contributed by atoms with Crippen molar-refractivity contribution in [1.82, 2.24) is 0 Å². The number of hydrogen-bond donors (Lipinski definition) is 1. The predicted molar refractivity (Wildman–Crippen MR) is 81.5 cm³/mol. The van der Waals surface area contributed by atoms with Gasteiger partial charge in [-0.15, -0.1) is 0 Å². The third-order valence-electron chi connectivity index (χ3n) is 3.65. The van der Waals surface area contributed by atoms with Gasteiger partial charge in [-0.25, -0.2) is 0 Å². The zero-order valence-corrected chi connectivity index (χ0v) is 13.5. The number of nitrogens with two attached hydrogens (primary N) is 1. The molecule has 112 valence electrons. The standard InChI is InChI=1S/C15H23NO3S/c1-14(2)9-13(15(3,4)19-14)20(17)12-7-6-10(16)8-11(12)18-5/h6-8,13H,9,16H2,1-5H3. The van der Waals surface area contributed by atoms with E-state index in [-0.39, 0.29) is 10.9 Å². The average molecular weight is 297 g/mol. The minimum absolute atomic E-state index is 0.0741. The number of ether oxygens (including phenoxy) is 2. The molecule has 0 aromatic heterocycles. The molecule has 1 fully saturated rings. The van der Waals surface area contributed by atoms with Gasteiger partial charge in [0, 0.05) is 11.8 Å². The van der Waals surface area contributed by atoms with E-state index < -0.39 is 16.4 Å². The number of rotatable bonds is 3. The molecule has 1 heterocycles. The van der Waals surface area contributed by atoms with Crippen LogP contribution in [0.2, 0.25) is 0 Å². The molecule has 4 nitrogen and oxygen atoms in total. The molecule has 1 aromatic rings. The summed E-state index contributed by atoms with van der Waals surface area (Å²) < 4.78 is 24.3. The van der Waals surface area contributed by atoms with Crippen molar-refractivity contribution in [3.63, 3.8) is 0 Å². The summed E-state index contributed by atoms with van der Waals surface area (Å²) in [7, 11) is 0.365. The van der Waals surface area contributed by atoms with Crippen LogP contribution in [-0.2, 0) is 15.5 Å². The summed E-state index contributed by atoms with van der Waals surface area (Å²) in [4.78, 5) is 0.682. The van der Waals surface area contributed by atoms with E-state index in [1.165, 1.54) is 0 Å². The van der Waals surface area contributed by atoms with E-state index in [1.807, 2.05) is 27.7 Å². The fourth-order valence-electron chi connectivity index (χ4n) is 2.85. The van der Waals surface area contributed by atoms with Gasteiger partial charge in [0.25, 0.3) is 0 Å². The van der Waals surface area contributed by atoms with Crippen LogP contribution in [0.1, 0.15) is 34.1 Å². The van der Waals surface area contributed by atoms with Gasteiger partial charge in [-0.3, -0.25) is 4.21 Å². The Morgan fingerprint density at radius 1 is 1.35 bits per heavy atom. The van der Waals surface area contributed by atoms with Crippen LogP contribution in [0.5, 0.6) is 5.75 Å². The molecular formula is C15H23NO3S. The van der Waals surface area contributed by atoms with Crippen LogP contribution in [0.4, 0.5) is 5.69 Å². The van der Waals surface area contributed by atoms with E-state index in [1.54, 1.807) is 25.3 Å². The van der Waals surface area contributed by atoms with Crippen molar-refractivity contribution in [3.8, 4) is 5.75 Å². The summed E-state index contributed by atoms with van der Waals surface area (Å²) in [5, 5.41) is -0.0741. The second kappa shape index (κ2) is 5.04. The van der Waals surface area contributed by atoms with Gasteiger partial charge in [-0.1, -0.05) is 0 Å². The maximum atomic E-state index is 13.0. The lowest BCUT2D eigenvalue weighted by atomic mass is 10.0. The quantitative estimate of drug-likeness (QED) is 0.871. The van der Waals surface area contributed by atoms with E-state index in [4.69, 9.17) is 15.2 Å². The molecule has 1 aromatic carbocycles. The molecule has 0 amide bonds. The van der Waals surface area contributed by atoms with Gasteiger partial charge < -0.3 is 15.2 Å². The van der Waals surface area contributed by atoms with Crippen molar-refractivity contribution in [2.24, 2.45) is 0 Å². The topological polar surface area (TPSA) is 61.5 Å². The second-order valence-electron chi connectivity index (χ2n) is 6.37. The van der Waals surface area contributed by atoms with Crippen LogP contribution < -0.4 is 10.5 Å². The molecule has 2 rings (SSSR count). The second-order valence-corrected chi connectivity index (χ2v) is 7.97. The number of benzene rings is 1. The molecule has 2 N–H and O–H groups in total. The third kappa shape index (κ3) is 2.83. The van der Waals surface area contributed by atoms with Crippen molar-refractivity contribution in [3.05, 3.63) is 18.2 Å². The van der Waals surface area contributed by atoms with Crippen molar-refractivity contribution < 1.29 is 13.7 Å². The lowest BCUT2D eigenvalue weighted by Gasteiger charge is -2.27. The maximum Gasteiger partial charge on any atom is 0.137 e. The predicted octanol–water partition coefficient (Wildman–Crippen LogP) is 2.73. The van der Waals surface area contributed by atoms with E-state index in [2.05, 4.69) is 0 Å². The Bertz CT molecular complexity index is 540. The molecule has 0 bridgehead atoms. The van der Waals surface area contributed by atoms with Crippen molar-refractivity contribution in [1.29, 1.82) is 0 Å². The summed E-state index contributed by atoms with van der Waals surface area (Å²) in [6, 6.07) is 5.25. The first kappa shape index (κ1) is 15.3. The Balaban J connectivity index is 2.37. The van der Waals surface area contributed by atoms with E-state index in [9.17, 15) is 4.21 Å². The highest BCUT2D eigenvalue weighted by Gasteiger charge is 2.49. The summed E-state index contributed by atoms with van der Waals surface area (Å²) in [6.07, 6.45) is 0.750. The highest BCUT2D eigenvalue weighted by atomic mass is 32.2. The van der Waals surface area contributed by atoms with Crippen LogP contribution in [0, 0.1) is 0 Å². The average Bonchev–Trinajstić information content (AvgIpc) is 2.56. The summed E-state index contributed by atoms with van der Waals surface area (Å²) >= 11 is 0. The van der Waals surface area contributed by atoms with Gasteiger partial charge in [-0.2, -0.15) is 0 Å². The molecule has 2 unspecified atom stereocenters. The lowest BCUT2D eigenvalue weighted by Crippen LogP contribution is -2.35. The monoisotopic (exact) mass is 297 g/mol. The molecule has 1 aliphatic rings. The van der Waals surface area contributed by atoms with Gasteiger partial charge in [0.15, 0.2) is 0 Å². The Morgan fingerprint density at radius 2 is 2.00 bits per heavy atom. The van der Waals surface area contributed by atoms with Gasteiger partial charge in [0.2, 0.25) is 0 Å². The first-order chi connectivity index (χ1) is 9.16. The molecule has 5 heteroatoms. The molecule has 20 heavy (non-hydrogen) atoms. The van der Waals surface area contributed by atoms with Crippen molar-refractivity contribution in [2.45, 2.75) is 55.5 Å². The van der Waals surface area contributed by atoms with Crippen molar-refractivity contribution in [2.75, 3.05) is 12.8 Å². The molecule has 0 radical (unpaired) electrons. The zero-order chi connectivity index (χ0) is 15.1. The fourth-order valence-corrected chi connectivity index (χ4v) is 4.81. The van der Waals surface area contributed by atoms with Gasteiger partial charge in [-0.05, 0) is 46.2 Å². The minimum Gasteiger partial charge on any atom is -0.495 e. The first-order valence-electron chi connectivity index (χ1n) is 6.70. The van der Waals surface area contributed by atoms with Gasteiger partial charge in [0.1, 0.15) is 5.75 Å². The smallest absolute Gasteiger partial charge is 0.137 e. The van der Waals surface area contributed by atoms with E-state index in [0.29, 0.717) is 16.3 Å². The summed E-state index contributed by atoms with van der Waals surface area (Å²) in [6.45, 7) is 8.06. The van der Waals surface area contributed by atoms with Crippen molar-refractivity contribution >= 4 is 16.5 Å². The molecule has 0 aliphatic carbocycles. The van der Waals surface area contributed by atoms with E-state index in [0.717, 1.165) is 6.42 Å². The largest absolute Gasteiger partial charge is 0.495 e. The zero-order valence-electron chi connectivity index (χ0n) is 12.7. The lowest BCUT2D eigenvalue weighted by molar-refractivity contribution is -0.0633. The third-order valence-corrected chi connectivity index (χ3v) is 5.68. The Kier molecular flexibility index (Phi) is 3.86. The van der Waals surface area contributed by atoms with Gasteiger partial charge in [0.05, 0.1) is 39.3 Å². The number of anilines is 1.